The van der Waals surface area contributed by atoms with Gasteiger partial charge in [-0.2, -0.15) is 0 Å². The summed E-state index contributed by atoms with van der Waals surface area (Å²) in [4.78, 5) is 2.61. The van der Waals surface area contributed by atoms with Crippen molar-refractivity contribution in [3.63, 3.8) is 0 Å². The van der Waals surface area contributed by atoms with Crippen LogP contribution in [0, 0.1) is 17.3 Å². The van der Waals surface area contributed by atoms with Gasteiger partial charge < -0.3 is 10.0 Å². The Bertz CT molecular complexity index is 264. The molecule has 0 aromatic carbocycles. The number of aliphatic hydroxyl groups is 1. The molecule has 0 aromatic heterocycles. The molecular formula is C16H31NO. The Balaban J connectivity index is 1.85. The van der Waals surface area contributed by atoms with Crippen molar-refractivity contribution in [1.29, 1.82) is 0 Å². The van der Waals surface area contributed by atoms with Crippen LogP contribution in [0.2, 0.25) is 0 Å². The topological polar surface area (TPSA) is 23.5 Å². The molecule has 2 aliphatic rings. The van der Waals surface area contributed by atoms with Gasteiger partial charge in [0.2, 0.25) is 0 Å². The lowest BCUT2D eigenvalue weighted by Gasteiger charge is -2.35. The summed E-state index contributed by atoms with van der Waals surface area (Å²) in [5, 5.41) is 10.2. The van der Waals surface area contributed by atoms with Crippen molar-refractivity contribution in [3.05, 3.63) is 0 Å². The van der Waals surface area contributed by atoms with Crippen LogP contribution in [0.1, 0.15) is 59.3 Å². The molecule has 0 spiro atoms. The predicted octanol–water partition coefficient (Wildman–Crippen LogP) is 3.30. The van der Waals surface area contributed by atoms with Gasteiger partial charge in [-0.1, -0.05) is 20.8 Å². The molecule has 1 heterocycles. The number of nitrogens with zero attached hydrogens (tertiary/aromatic N) is 1. The van der Waals surface area contributed by atoms with Crippen LogP contribution in [0.15, 0.2) is 0 Å². The maximum Gasteiger partial charge on any atom is 0.0580 e. The zero-order valence-electron chi connectivity index (χ0n) is 12.5. The minimum Gasteiger partial charge on any atom is -0.393 e. The fourth-order valence-electron chi connectivity index (χ4n) is 3.67. The first-order valence-electron chi connectivity index (χ1n) is 7.87. The van der Waals surface area contributed by atoms with Crippen molar-refractivity contribution >= 4 is 0 Å². The summed E-state index contributed by atoms with van der Waals surface area (Å²) in [7, 11) is 0. The SMILES string of the molecule is CC1CCC(O)C(CN2CCCC(C)(C)CC2)C1. The molecule has 2 fully saturated rings. The Kier molecular flexibility index (Phi) is 4.71. The van der Waals surface area contributed by atoms with Gasteiger partial charge in [-0.3, -0.25) is 0 Å². The van der Waals surface area contributed by atoms with E-state index in [0.717, 1.165) is 18.9 Å². The number of likely N-dealkylation sites (tertiary alicyclic amines) is 1. The van der Waals surface area contributed by atoms with E-state index in [-0.39, 0.29) is 6.10 Å². The molecule has 0 amide bonds. The summed E-state index contributed by atoms with van der Waals surface area (Å²) in [5.41, 5.74) is 0.521. The largest absolute Gasteiger partial charge is 0.393 e. The van der Waals surface area contributed by atoms with E-state index in [9.17, 15) is 5.11 Å². The molecule has 2 rings (SSSR count). The smallest absolute Gasteiger partial charge is 0.0580 e. The van der Waals surface area contributed by atoms with Gasteiger partial charge in [-0.25, -0.2) is 0 Å². The number of hydrogen-bond donors (Lipinski definition) is 1. The van der Waals surface area contributed by atoms with Crippen LogP contribution < -0.4 is 0 Å². The van der Waals surface area contributed by atoms with E-state index in [0.29, 0.717) is 11.3 Å². The molecule has 1 aliphatic carbocycles. The van der Waals surface area contributed by atoms with Gasteiger partial charge in [0.25, 0.3) is 0 Å². The monoisotopic (exact) mass is 253 g/mol. The van der Waals surface area contributed by atoms with Crippen LogP contribution in [0.3, 0.4) is 0 Å². The number of hydrogen-bond acceptors (Lipinski definition) is 2. The summed E-state index contributed by atoms with van der Waals surface area (Å²) in [6.07, 6.45) is 7.40. The molecule has 0 bridgehead atoms. The van der Waals surface area contributed by atoms with Gasteiger partial charge in [0.15, 0.2) is 0 Å². The second kappa shape index (κ2) is 5.92. The minimum atomic E-state index is -0.0440. The minimum absolute atomic E-state index is 0.0440. The fraction of sp³-hybridized carbons (Fsp3) is 1.00. The summed E-state index contributed by atoms with van der Waals surface area (Å²) < 4.78 is 0. The van der Waals surface area contributed by atoms with Crippen molar-refractivity contribution < 1.29 is 5.11 Å². The molecule has 1 aliphatic heterocycles. The Morgan fingerprint density at radius 1 is 1.17 bits per heavy atom. The maximum atomic E-state index is 10.2. The van der Waals surface area contributed by atoms with E-state index in [4.69, 9.17) is 0 Å². The first kappa shape index (κ1) is 14.3. The third-order valence-electron chi connectivity index (χ3n) is 5.13. The zero-order valence-corrected chi connectivity index (χ0v) is 12.5. The molecule has 18 heavy (non-hydrogen) atoms. The Morgan fingerprint density at radius 2 is 1.94 bits per heavy atom. The first-order valence-corrected chi connectivity index (χ1v) is 7.87. The van der Waals surface area contributed by atoms with Crippen molar-refractivity contribution in [3.8, 4) is 0 Å². The average molecular weight is 253 g/mol. The van der Waals surface area contributed by atoms with E-state index in [1.165, 1.54) is 45.2 Å². The lowest BCUT2D eigenvalue weighted by atomic mass is 9.80. The number of aliphatic hydroxyl groups excluding tert-OH is 1. The average Bonchev–Trinajstić information content (AvgIpc) is 2.46. The Labute approximate surface area is 113 Å². The summed E-state index contributed by atoms with van der Waals surface area (Å²) in [6.45, 7) is 10.7. The summed E-state index contributed by atoms with van der Waals surface area (Å²) in [5.74, 6) is 1.33. The molecule has 2 heteroatoms. The van der Waals surface area contributed by atoms with Gasteiger partial charge in [0.1, 0.15) is 0 Å². The van der Waals surface area contributed by atoms with Gasteiger partial charge in [-0.05, 0) is 68.9 Å². The fourth-order valence-corrected chi connectivity index (χ4v) is 3.67. The second-order valence-electron chi connectivity index (χ2n) is 7.56. The second-order valence-corrected chi connectivity index (χ2v) is 7.56. The molecule has 0 aromatic rings. The molecule has 3 atom stereocenters. The van der Waals surface area contributed by atoms with E-state index in [2.05, 4.69) is 25.7 Å². The van der Waals surface area contributed by atoms with Gasteiger partial charge in [0, 0.05) is 6.54 Å². The highest BCUT2D eigenvalue weighted by molar-refractivity contribution is 4.83. The van der Waals surface area contributed by atoms with Crippen molar-refractivity contribution in [1.82, 2.24) is 4.90 Å². The third-order valence-corrected chi connectivity index (χ3v) is 5.13. The Morgan fingerprint density at radius 3 is 2.72 bits per heavy atom. The Hall–Kier alpha value is -0.0800. The zero-order chi connectivity index (χ0) is 13.2. The highest BCUT2D eigenvalue weighted by Crippen LogP contribution is 2.33. The molecular weight excluding hydrogens is 222 g/mol. The standard InChI is InChI=1S/C16H31NO/c1-13-5-6-15(18)14(11-13)12-17-9-4-7-16(2,3)8-10-17/h13-15,18H,4-12H2,1-3H3. The molecule has 1 saturated heterocycles. The normalized spacial score (nSPS) is 38.3. The molecule has 0 radical (unpaired) electrons. The molecule has 3 unspecified atom stereocenters. The quantitative estimate of drug-likeness (QED) is 0.816. The van der Waals surface area contributed by atoms with Crippen LogP contribution in [0.5, 0.6) is 0 Å². The van der Waals surface area contributed by atoms with Crippen molar-refractivity contribution in [2.75, 3.05) is 19.6 Å². The molecule has 106 valence electrons. The molecule has 2 nitrogen and oxygen atoms in total. The van der Waals surface area contributed by atoms with E-state index in [1.807, 2.05) is 0 Å². The summed E-state index contributed by atoms with van der Waals surface area (Å²) >= 11 is 0. The number of rotatable bonds is 2. The summed E-state index contributed by atoms with van der Waals surface area (Å²) in [6, 6.07) is 0. The molecule has 1 N–H and O–H groups in total. The van der Waals surface area contributed by atoms with E-state index < -0.39 is 0 Å². The predicted molar refractivity (Wildman–Crippen MR) is 76.6 cm³/mol. The third kappa shape index (κ3) is 3.96. The van der Waals surface area contributed by atoms with Gasteiger partial charge >= 0.3 is 0 Å². The van der Waals surface area contributed by atoms with Gasteiger partial charge in [-0.15, -0.1) is 0 Å². The van der Waals surface area contributed by atoms with Crippen molar-refractivity contribution in [2.24, 2.45) is 17.3 Å². The van der Waals surface area contributed by atoms with E-state index >= 15 is 0 Å². The van der Waals surface area contributed by atoms with Crippen LogP contribution in [-0.2, 0) is 0 Å². The van der Waals surface area contributed by atoms with Crippen LogP contribution >= 0.6 is 0 Å². The molecule has 1 saturated carbocycles. The van der Waals surface area contributed by atoms with Crippen LogP contribution in [0.4, 0.5) is 0 Å². The first-order chi connectivity index (χ1) is 8.46. The highest BCUT2D eigenvalue weighted by Gasteiger charge is 2.30. The van der Waals surface area contributed by atoms with Crippen LogP contribution in [0.25, 0.3) is 0 Å². The van der Waals surface area contributed by atoms with Crippen molar-refractivity contribution in [2.45, 2.75) is 65.4 Å². The lowest BCUT2D eigenvalue weighted by Crippen LogP contribution is -2.39. The van der Waals surface area contributed by atoms with Crippen LogP contribution in [-0.4, -0.2) is 35.7 Å². The highest BCUT2D eigenvalue weighted by atomic mass is 16.3. The lowest BCUT2D eigenvalue weighted by molar-refractivity contribution is 0.0307. The van der Waals surface area contributed by atoms with E-state index in [1.54, 1.807) is 0 Å². The maximum absolute atomic E-state index is 10.2. The van der Waals surface area contributed by atoms with Gasteiger partial charge in [0.05, 0.1) is 6.10 Å².